The van der Waals surface area contributed by atoms with Gasteiger partial charge in [0.1, 0.15) is 0 Å². The summed E-state index contributed by atoms with van der Waals surface area (Å²) in [5.41, 5.74) is 2.16. The molecule has 1 aromatic carbocycles. The first kappa shape index (κ1) is 16.0. The third-order valence-electron chi connectivity index (χ3n) is 4.48. The van der Waals surface area contributed by atoms with Crippen LogP contribution in [0.5, 0.6) is 0 Å². The summed E-state index contributed by atoms with van der Waals surface area (Å²) < 4.78 is 0. The number of hydrogen-bond donors (Lipinski definition) is 1. The van der Waals surface area contributed by atoms with E-state index in [1.165, 1.54) is 5.56 Å². The summed E-state index contributed by atoms with van der Waals surface area (Å²) in [5.74, 6) is 1.27. The van der Waals surface area contributed by atoms with Gasteiger partial charge in [0, 0.05) is 13.0 Å². The van der Waals surface area contributed by atoms with Crippen molar-refractivity contribution in [2.24, 2.45) is 5.92 Å². The second-order valence-corrected chi connectivity index (χ2v) is 6.61. The molecule has 1 aliphatic rings. The average molecular weight is 289 g/mol. The smallest absolute Gasteiger partial charge is 0.222 e. The van der Waals surface area contributed by atoms with Gasteiger partial charge in [-0.25, -0.2) is 0 Å². The zero-order valence-corrected chi connectivity index (χ0v) is 13.4. The van der Waals surface area contributed by atoms with Gasteiger partial charge in [-0.05, 0) is 35.8 Å². The number of benzene rings is 1. The first-order valence-electron chi connectivity index (χ1n) is 8.03. The van der Waals surface area contributed by atoms with Crippen LogP contribution in [0.25, 0.3) is 0 Å². The molecule has 1 aliphatic heterocycles. The third kappa shape index (κ3) is 4.31. The van der Waals surface area contributed by atoms with E-state index in [0.717, 1.165) is 24.9 Å². The molecule has 2 atom stereocenters. The highest BCUT2D eigenvalue weighted by Crippen LogP contribution is 2.22. The molecule has 3 nitrogen and oxygen atoms in total. The molecular weight excluding hydrogens is 262 g/mol. The predicted octanol–water partition coefficient (Wildman–Crippen LogP) is 3.49. The number of nitrogens with zero attached hydrogens (tertiary/aromatic N) is 1. The zero-order valence-electron chi connectivity index (χ0n) is 13.4. The highest BCUT2D eigenvalue weighted by molar-refractivity contribution is 5.76. The molecule has 0 radical (unpaired) electrons. The van der Waals surface area contributed by atoms with E-state index in [1.54, 1.807) is 0 Å². The Kier molecular flexibility index (Phi) is 5.40. The van der Waals surface area contributed by atoms with E-state index in [2.05, 4.69) is 32.9 Å². The Balaban J connectivity index is 1.99. The number of carbonyl (C=O) groups excluding carboxylic acids is 1. The van der Waals surface area contributed by atoms with E-state index in [4.69, 9.17) is 0 Å². The first-order chi connectivity index (χ1) is 9.97. The molecule has 21 heavy (non-hydrogen) atoms. The lowest BCUT2D eigenvalue weighted by Gasteiger charge is -2.24. The van der Waals surface area contributed by atoms with Crippen LogP contribution in [0.15, 0.2) is 24.3 Å². The van der Waals surface area contributed by atoms with Crippen LogP contribution < -0.4 is 0 Å². The Bertz CT molecular complexity index is 467. The molecule has 1 N–H and O–H groups in total. The number of carbonyl (C=O) groups is 1. The van der Waals surface area contributed by atoms with Crippen molar-refractivity contribution < 1.29 is 9.90 Å². The van der Waals surface area contributed by atoms with Gasteiger partial charge >= 0.3 is 0 Å². The van der Waals surface area contributed by atoms with Crippen LogP contribution in [0, 0.1) is 5.92 Å². The standard InChI is InChI=1S/C18H27NO2/c1-13(2)15-5-7-16(8-6-15)17(20)12-19-11-10-14(3)4-9-18(19)21/h5-8,13-14,17,20H,4,9-12H2,1-3H3. The van der Waals surface area contributed by atoms with E-state index < -0.39 is 6.10 Å². The molecule has 1 saturated heterocycles. The number of β-amino-alcohol motifs (C(OH)–C–C–N with tert-alkyl or cyclic N) is 1. The highest BCUT2D eigenvalue weighted by atomic mass is 16.3. The second kappa shape index (κ2) is 7.08. The van der Waals surface area contributed by atoms with Crippen LogP contribution in [0.1, 0.15) is 63.2 Å². The summed E-state index contributed by atoms with van der Waals surface area (Å²) in [6, 6.07) is 8.08. The largest absolute Gasteiger partial charge is 0.387 e. The van der Waals surface area contributed by atoms with Gasteiger partial charge in [0.15, 0.2) is 0 Å². The number of rotatable bonds is 4. The van der Waals surface area contributed by atoms with Crippen LogP contribution in [-0.4, -0.2) is 29.0 Å². The lowest BCUT2D eigenvalue weighted by molar-refractivity contribution is -0.132. The van der Waals surface area contributed by atoms with E-state index in [0.29, 0.717) is 24.8 Å². The Morgan fingerprint density at radius 2 is 1.81 bits per heavy atom. The first-order valence-corrected chi connectivity index (χ1v) is 8.03. The highest BCUT2D eigenvalue weighted by Gasteiger charge is 2.22. The second-order valence-electron chi connectivity index (χ2n) is 6.61. The van der Waals surface area contributed by atoms with Crippen molar-refractivity contribution in [1.29, 1.82) is 0 Å². The number of amides is 1. The van der Waals surface area contributed by atoms with Crippen LogP contribution in [-0.2, 0) is 4.79 Å². The molecule has 1 fully saturated rings. The van der Waals surface area contributed by atoms with Gasteiger partial charge in [-0.15, -0.1) is 0 Å². The molecule has 3 heteroatoms. The zero-order chi connectivity index (χ0) is 15.4. The molecule has 1 amide bonds. The Hall–Kier alpha value is -1.35. The van der Waals surface area contributed by atoms with Crippen molar-refractivity contribution >= 4 is 5.91 Å². The molecule has 116 valence electrons. The SMILES string of the molecule is CC1CCC(=O)N(CC(O)c2ccc(C(C)C)cc2)CC1. The maximum Gasteiger partial charge on any atom is 0.222 e. The van der Waals surface area contributed by atoms with E-state index in [9.17, 15) is 9.90 Å². The Morgan fingerprint density at radius 3 is 2.43 bits per heavy atom. The van der Waals surface area contributed by atoms with Crippen LogP contribution in [0.3, 0.4) is 0 Å². The normalized spacial score (nSPS) is 21.5. The Labute approximate surface area is 128 Å². The topological polar surface area (TPSA) is 40.5 Å². The van der Waals surface area contributed by atoms with Gasteiger partial charge in [-0.3, -0.25) is 4.79 Å². The van der Waals surface area contributed by atoms with Crippen molar-refractivity contribution in [2.75, 3.05) is 13.1 Å². The predicted molar refractivity (Wildman–Crippen MR) is 85.1 cm³/mol. The van der Waals surface area contributed by atoms with Crippen LogP contribution in [0.2, 0.25) is 0 Å². The molecule has 2 rings (SSSR count). The molecule has 1 aromatic rings. The van der Waals surface area contributed by atoms with Crippen molar-refractivity contribution in [1.82, 2.24) is 4.90 Å². The number of aliphatic hydroxyl groups excluding tert-OH is 1. The maximum atomic E-state index is 12.1. The fourth-order valence-corrected chi connectivity index (χ4v) is 2.78. The summed E-state index contributed by atoms with van der Waals surface area (Å²) in [4.78, 5) is 13.9. The average Bonchev–Trinajstić information content (AvgIpc) is 2.63. The van der Waals surface area contributed by atoms with Crippen molar-refractivity contribution in [2.45, 2.75) is 52.1 Å². The van der Waals surface area contributed by atoms with Gasteiger partial charge in [0.05, 0.1) is 12.6 Å². The van der Waals surface area contributed by atoms with Crippen LogP contribution >= 0.6 is 0 Å². The fourth-order valence-electron chi connectivity index (χ4n) is 2.78. The summed E-state index contributed by atoms with van der Waals surface area (Å²) in [7, 11) is 0. The molecular formula is C18H27NO2. The van der Waals surface area contributed by atoms with Gasteiger partial charge in [0.25, 0.3) is 0 Å². The number of aliphatic hydroxyl groups is 1. The molecule has 0 spiro atoms. The van der Waals surface area contributed by atoms with E-state index in [1.807, 2.05) is 17.0 Å². The van der Waals surface area contributed by atoms with Gasteiger partial charge in [-0.2, -0.15) is 0 Å². The maximum absolute atomic E-state index is 12.1. The lowest BCUT2D eigenvalue weighted by atomic mass is 10.00. The van der Waals surface area contributed by atoms with Gasteiger partial charge in [-0.1, -0.05) is 45.0 Å². The van der Waals surface area contributed by atoms with Crippen molar-refractivity contribution in [3.05, 3.63) is 35.4 Å². The third-order valence-corrected chi connectivity index (χ3v) is 4.48. The molecule has 1 heterocycles. The molecule has 0 aromatic heterocycles. The Morgan fingerprint density at radius 1 is 1.19 bits per heavy atom. The van der Waals surface area contributed by atoms with Crippen molar-refractivity contribution in [3.63, 3.8) is 0 Å². The number of likely N-dealkylation sites (tertiary alicyclic amines) is 1. The molecule has 0 saturated carbocycles. The summed E-state index contributed by atoms with van der Waals surface area (Å²) >= 11 is 0. The van der Waals surface area contributed by atoms with E-state index in [-0.39, 0.29) is 5.91 Å². The molecule has 2 unspecified atom stereocenters. The minimum absolute atomic E-state index is 0.178. The monoisotopic (exact) mass is 289 g/mol. The quantitative estimate of drug-likeness (QED) is 0.921. The van der Waals surface area contributed by atoms with Gasteiger partial charge in [0.2, 0.25) is 5.91 Å². The summed E-state index contributed by atoms with van der Waals surface area (Å²) in [6.45, 7) is 7.68. The lowest BCUT2D eigenvalue weighted by Crippen LogP contribution is -2.34. The summed E-state index contributed by atoms with van der Waals surface area (Å²) in [6.07, 6.45) is 2.02. The summed E-state index contributed by atoms with van der Waals surface area (Å²) in [5, 5.41) is 10.4. The van der Waals surface area contributed by atoms with Crippen LogP contribution in [0.4, 0.5) is 0 Å². The van der Waals surface area contributed by atoms with E-state index >= 15 is 0 Å². The number of hydrogen-bond acceptors (Lipinski definition) is 2. The molecule has 0 bridgehead atoms. The minimum Gasteiger partial charge on any atom is -0.387 e. The van der Waals surface area contributed by atoms with Gasteiger partial charge < -0.3 is 10.0 Å². The molecule has 0 aliphatic carbocycles. The minimum atomic E-state index is -0.594. The fraction of sp³-hybridized carbons (Fsp3) is 0.611. The van der Waals surface area contributed by atoms with Crippen molar-refractivity contribution in [3.8, 4) is 0 Å².